The average Bonchev–Trinajstić information content (AvgIpc) is 2.27. The minimum Gasteiger partial charge on any atom is -0.395 e. The lowest BCUT2D eigenvalue weighted by molar-refractivity contribution is 0.149. The van der Waals surface area contributed by atoms with Gasteiger partial charge < -0.3 is 10.4 Å². The van der Waals surface area contributed by atoms with E-state index in [1.165, 1.54) is 6.07 Å². The second-order valence-electron chi connectivity index (χ2n) is 5.96. The zero-order chi connectivity index (χ0) is 13.8. The van der Waals surface area contributed by atoms with Gasteiger partial charge in [-0.25, -0.2) is 4.39 Å². The molecule has 1 aromatic rings. The Hall–Kier alpha value is -0.930. The molecule has 0 aliphatic heterocycles. The summed E-state index contributed by atoms with van der Waals surface area (Å²) in [5.74, 6) is -0.164. The molecule has 0 radical (unpaired) electrons. The maximum atomic E-state index is 13.5. The molecule has 0 aliphatic rings. The molecule has 3 heteroatoms. The molecule has 1 rings (SSSR count). The van der Waals surface area contributed by atoms with E-state index in [4.69, 9.17) is 0 Å². The summed E-state index contributed by atoms with van der Waals surface area (Å²) in [7, 11) is 0. The summed E-state index contributed by atoms with van der Waals surface area (Å²) < 4.78 is 13.5. The van der Waals surface area contributed by atoms with E-state index in [1.54, 1.807) is 12.1 Å². The van der Waals surface area contributed by atoms with E-state index in [9.17, 15) is 9.50 Å². The number of aliphatic hydroxyl groups is 1. The number of hydrogen-bond donors (Lipinski definition) is 2. The van der Waals surface area contributed by atoms with Gasteiger partial charge in [0.2, 0.25) is 0 Å². The Balaban J connectivity index is 2.61. The number of nitrogens with one attached hydrogen (secondary N) is 1. The number of hydrogen-bond acceptors (Lipinski definition) is 2. The van der Waals surface area contributed by atoms with Gasteiger partial charge in [-0.05, 0) is 30.4 Å². The third-order valence-corrected chi connectivity index (χ3v) is 3.20. The van der Waals surface area contributed by atoms with Crippen LogP contribution in [0.25, 0.3) is 0 Å². The molecule has 0 fully saturated rings. The molecule has 2 atom stereocenters. The molecule has 0 amide bonds. The molecule has 0 saturated carbocycles. The van der Waals surface area contributed by atoms with Gasteiger partial charge >= 0.3 is 0 Å². The van der Waals surface area contributed by atoms with Crippen molar-refractivity contribution < 1.29 is 9.50 Å². The van der Waals surface area contributed by atoms with Crippen LogP contribution in [-0.4, -0.2) is 23.8 Å². The first kappa shape index (κ1) is 15.1. The van der Waals surface area contributed by atoms with Crippen molar-refractivity contribution in [3.63, 3.8) is 0 Å². The highest BCUT2D eigenvalue weighted by atomic mass is 19.1. The lowest BCUT2D eigenvalue weighted by Crippen LogP contribution is -2.47. The molecule has 0 aliphatic carbocycles. The lowest BCUT2D eigenvalue weighted by Gasteiger charge is -2.32. The maximum Gasteiger partial charge on any atom is 0.126 e. The summed E-state index contributed by atoms with van der Waals surface area (Å²) in [6, 6.07) is 6.96. The summed E-state index contributed by atoms with van der Waals surface area (Å²) in [6.45, 7) is 8.34. The second kappa shape index (κ2) is 6.30. The Morgan fingerprint density at radius 1 is 1.28 bits per heavy atom. The lowest BCUT2D eigenvalue weighted by atomic mass is 9.86. The zero-order valence-corrected chi connectivity index (χ0v) is 11.7. The Labute approximate surface area is 109 Å². The van der Waals surface area contributed by atoms with Crippen molar-refractivity contribution in [3.8, 4) is 0 Å². The van der Waals surface area contributed by atoms with E-state index in [-0.39, 0.29) is 29.9 Å². The van der Waals surface area contributed by atoms with Crippen molar-refractivity contribution in [3.05, 3.63) is 35.6 Å². The van der Waals surface area contributed by atoms with Crippen LogP contribution >= 0.6 is 0 Å². The molecule has 18 heavy (non-hydrogen) atoms. The molecule has 0 saturated heterocycles. The Morgan fingerprint density at radius 2 is 1.89 bits per heavy atom. The molecule has 0 aromatic heterocycles. The predicted octanol–water partition coefficient (Wildman–Crippen LogP) is 2.75. The highest BCUT2D eigenvalue weighted by Crippen LogP contribution is 2.20. The SMILES string of the molecule is CC(Cc1ccccc1F)N[C@H](CO)C(C)(C)C. The summed E-state index contributed by atoms with van der Waals surface area (Å²) >= 11 is 0. The van der Waals surface area contributed by atoms with Gasteiger partial charge in [-0.2, -0.15) is 0 Å². The quantitative estimate of drug-likeness (QED) is 0.845. The van der Waals surface area contributed by atoms with E-state index in [2.05, 4.69) is 26.1 Å². The topological polar surface area (TPSA) is 32.3 Å². The third kappa shape index (κ3) is 4.39. The van der Waals surface area contributed by atoms with Crippen molar-refractivity contribution in [2.45, 2.75) is 46.2 Å². The van der Waals surface area contributed by atoms with Crippen LogP contribution in [-0.2, 0) is 6.42 Å². The number of halogens is 1. The largest absolute Gasteiger partial charge is 0.395 e. The first-order valence-electron chi connectivity index (χ1n) is 6.45. The normalized spacial score (nSPS) is 15.4. The fourth-order valence-electron chi connectivity index (χ4n) is 1.97. The van der Waals surface area contributed by atoms with Gasteiger partial charge in [0.25, 0.3) is 0 Å². The average molecular weight is 253 g/mol. The first-order chi connectivity index (χ1) is 8.34. The molecule has 102 valence electrons. The molecular weight excluding hydrogens is 229 g/mol. The Bertz CT molecular complexity index is 373. The van der Waals surface area contributed by atoms with Crippen LogP contribution in [0.4, 0.5) is 4.39 Å². The van der Waals surface area contributed by atoms with E-state index in [1.807, 2.05) is 13.0 Å². The highest BCUT2D eigenvalue weighted by molar-refractivity contribution is 5.18. The van der Waals surface area contributed by atoms with E-state index < -0.39 is 0 Å². The molecule has 0 heterocycles. The van der Waals surface area contributed by atoms with Gasteiger partial charge in [-0.1, -0.05) is 39.0 Å². The monoisotopic (exact) mass is 253 g/mol. The van der Waals surface area contributed by atoms with E-state index in [0.29, 0.717) is 12.0 Å². The van der Waals surface area contributed by atoms with Crippen LogP contribution in [0.3, 0.4) is 0 Å². The first-order valence-corrected chi connectivity index (χ1v) is 6.45. The van der Waals surface area contributed by atoms with Gasteiger partial charge in [0.15, 0.2) is 0 Å². The van der Waals surface area contributed by atoms with Crippen LogP contribution in [0.1, 0.15) is 33.3 Å². The molecule has 0 spiro atoms. The van der Waals surface area contributed by atoms with Crippen molar-refractivity contribution in [2.75, 3.05) is 6.61 Å². The third-order valence-electron chi connectivity index (χ3n) is 3.20. The fraction of sp³-hybridized carbons (Fsp3) is 0.600. The Morgan fingerprint density at radius 3 is 2.39 bits per heavy atom. The van der Waals surface area contributed by atoms with Gasteiger partial charge in [0.05, 0.1) is 6.61 Å². The summed E-state index contributed by atoms with van der Waals surface area (Å²) in [5.41, 5.74) is 0.696. The van der Waals surface area contributed by atoms with Crippen molar-refractivity contribution in [2.24, 2.45) is 5.41 Å². The number of aliphatic hydroxyl groups excluding tert-OH is 1. The smallest absolute Gasteiger partial charge is 0.126 e. The van der Waals surface area contributed by atoms with Gasteiger partial charge in [-0.15, -0.1) is 0 Å². The molecule has 2 nitrogen and oxygen atoms in total. The van der Waals surface area contributed by atoms with Crippen LogP contribution in [0.2, 0.25) is 0 Å². The molecular formula is C15H24FNO. The summed E-state index contributed by atoms with van der Waals surface area (Å²) in [6.07, 6.45) is 0.624. The molecule has 2 N–H and O–H groups in total. The van der Waals surface area contributed by atoms with Crippen molar-refractivity contribution >= 4 is 0 Å². The fourth-order valence-corrected chi connectivity index (χ4v) is 1.97. The van der Waals surface area contributed by atoms with E-state index >= 15 is 0 Å². The van der Waals surface area contributed by atoms with E-state index in [0.717, 1.165) is 0 Å². The van der Waals surface area contributed by atoms with Crippen molar-refractivity contribution in [1.82, 2.24) is 5.32 Å². The van der Waals surface area contributed by atoms with Crippen LogP contribution in [0.15, 0.2) is 24.3 Å². The van der Waals surface area contributed by atoms with Crippen LogP contribution in [0, 0.1) is 11.2 Å². The summed E-state index contributed by atoms with van der Waals surface area (Å²) in [5, 5.41) is 12.8. The zero-order valence-electron chi connectivity index (χ0n) is 11.7. The van der Waals surface area contributed by atoms with Gasteiger partial charge in [-0.3, -0.25) is 0 Å². The molecule has 1 aromatic carbocycles. The number of benzene rings is 1. The predicted molar refractivity (Wildman–Crippen MR) is 73.0 cm³/mol. The maximum absolute atomic E-state index is 13.5. The van der Waals surface area contributed by atoms with Crippen LogP contribution in [0.5, 0.6) is 0 Å². The van der Waals surface area contributed by atoms with Crippen LogP contribution < -0.4 is 5.32 Å². The van der Waals surface area contributed by atoms with Crippen molar-refractivity contribution in [1.29, 1.82) is 0 Å². The standard InChI is InChI=1S/C15H24FNO/c1-11(17-14(10-18)15(2,3)4)9-12-7-5-6-8-13(12)16/h5-8,11,14,17-18H,9-10H2,1-4H3/t11?,14-/m1/s1. The molecule has 0 bridgehead atoms. The second-order valence-corrected chi connectivity index (χ2v) is 5.96. The van der Waals surface area contributed by atoms with Gasteiger partial charge in [0.1, 0.15) is 5.82 Å². The molecule has 1 unspecified atom stereocenters. The minimum atomic E-state index is -0.164. The Kier molecular flexibility index (Phi) is 5.29. The highest BCUT2D eigenvalue weighted by Gasteiger charge is 2.25. The minimum absolute atomic E-state index is 0.0132. The summed E-state index contributed by atoms with van der Waals surface area (Å²) in [4.78, 5) is 0. The van der Waals surface area contributed by atoms with Gasteiger partial charge in [0, 0.05) is 12.1 Å². The number of rotatable bonds is 5.